The number of halogens is 1. The first kappa shape index (κ1) is 15.1. The van der Waals surface area contributed by atoms with Crippen molar-refractivity contribution in [1.82, 2.24) is 0 Å². The van der Waals surface area contributed by atoms with Crippen molar-refractivity contribution in [3.63, 3.8) is 0 Å². The molecule has 20 heavy (non-hydrogen) atoms. The quantitative estimate of drug-likeness (QED) is 0.875. The first-order chi connectivity index (χ1) is 9.58. The maximum atomic E-state index is 10.7. The van der Waals surface area contributed by atoms with Gasteiger partial charge < -0.3 is 15.6 Å². The Hall–Kier alpha value is -1.26. The second-order valence-corrected chi connectivity index (χ2v) is 5.71. The Balaban J connectivity index is 2.12. The van der Waals surface area contributed by atoms with E-state index in [0.717, 1.165) is 18.4 Å². The van der Waals surface area contributed by atoms with E-state index < -0.39 is 12.0 Å². The molecule has 1 unspecified atom stereocenters. The van der Waals surface area contributed by atoms with Crippen LogP contribution in [0, 0.1) is 0 Å². The molecular weight excluding hydrogens is 278 g/mol. The first-order valence-electron chi connectivity index (χ1n) is 6.98. The van der Waals surface area contributed by atoms with Crippen molar-refractivity contribution in [3.8, 4) is 5.75 Å². The summed E-state index contributed by atoms with van der Waals surface area (Å²) in [6.45, 7) is -0.0311. The maximum absolute atomic E-state index is 10.7. The fourth-order valence-electron chi connectivity index (χ4n) is 2.63. The number of hydrogen-bond acceptors (Lipinski definition) is 3. The molecule has 0 aromatic heterocycles. The minimum Gasteiger partial charge on any atom is -0.491 e. The van der Waals surface area contributed by atoms with Gasteiger partial charge in [-0.05, 0) is 42.5 Å². The van der Waals surface area contributed by atoms with Gasteiger partial charge >= 0.3 is 5.97 Å². The van der Waals surface area contributed by atoms with Gasteiger partial charge in [0.05, 0.1) is 0 Å². The summed E-state index contributed by atoms with van der Waals surface area (Å²) < 4.78 is 5.60. The zero-order valence-corrected chi connectivity index (χ0v) is 12.1. The SMILES string of the molecule is NC(COc1ccc(Cl)cc1C1CCCCC1)C(=O)O. The van der Waals surface area contributed by atoms with Crippen molar-refractivity contribution in [2.24, 2.45) is 5.73 Å². The Bertz CT molecular complexity index is 472. The zero-order chi connectivity index (χ0) is 14.5. The van der Waals surface area contributed by atoms with Crippen LogP contribution in [0.5, 0.6) is 5.75 Å². The predicted octanol–water partition coefficient (Wildman–Crippen LogP) is 3.18. The van der Waals surface area contributed by atoms with Gasteiger partial charge in [-0.2, -0.15) is 0 Å². The Kier molecular flexibility index (Phi) is 5.26. The van der Waals surface area contributed by atoms with Crippen molar-refractivity contribution < 1.29 is 14.6 Å². The van der Waals surface area contributed by atoms with Crippen LogP contribution in [-0.2, 0) is 4.79 Å². The van der Waals surface area contributed by atoms with E-state index in [4.69, 9.17) is 27.2 Å². The molecule has 4 nitrogen and oxygen atoms in total. The normalized spacial score (nSPS) is 17.7. The van der Waals surface area contributed by atoms with E-state index in [0.29, 0.717) is 16.7 Å². The van der Waals surface area contributed by atoms with Gasteiger partial charge in [0.2, 0.25) is 0 Å². The first-order valence-corrected chi connectivity index (χ1v) is 7.36. The topological polar surface area (TPSA) is 72.5 Å². The van der Waals surface area contributed by atoms with E-state index in [1.165, 1.54) is 19.3 Å². The number of carbonyl (C=O) groups is 1. The number of carboxylic acids is 1. The molecule has 1 atom stereocenters. The van der Waals surface area contributed by atoms with Crippen molar-refractivity contribution >= 4 is 17.6 Å². The highest BCUT2D eigenvalue weighted by Gasteiger charge is 2.21. The molecule has 110 valence electrons. The number of aliphatic carboxylic acids is 1. The Morgan fingerprint density at radius 1 is 1.40 bits per heavy atom. The summed E-state index contributed by atoms with van der Waals surface area (Å²) in [5, 5.41) is 9.48. The summed E-state index contributed by atoms with van der Waals surface area (Å²) >= 11 is 6.07. The van der Waals surface area contributed by atoms with Crippen LogP contribution in [0.3, 0.4) is 0 Å². The van der Waals surface area contributed by atoms with Gasteiger partial charge in [0.15, 0.2) is 0 Å². The van der Waals surface area contributed by atoms with Crippen LogP contribution in [0.2, 0.25) is 5.02 Å². The predicted molar refractivity (Wildman–Crippen MR) is 78.4 cm³/mol. The molecule has 0 bridgehead atoms. The highest BCUT2D eigenvalue weighted by atomic mass is 35.5. The summed E-state index contributed by atoms with van der Waals surface area (Å²) in [5.41, 5.74) is 6.55. The molecule has 0 heterocycles. The molecule has 1 aliphatic carbocycles. The maximum Gasteiger partial charge on any atom is 0.324 e. The van der Waals surface area contributed by atoms with Crippen LogP contribution in [0.1, 0.15) is 43.6 Å². The van der Waals surface area contributed by atoms with Crippen molar-refractivity contribution in [2.45, 2.75) is 44.1 Å². The third kappa shape index (κ3) is 3.87. The highest BCUT2D eigenvalue weighted by molar-refractivity contribution is 6.30. The summed E-state index contributed by atoms with van der Waals surface area (Å²) in [6.07, 6.45) is 5.96. The molecule has 0 amide bonds. The minimum atomic E-state index is -1.06. The fourth-order valence-corrected chi connectivity index (χ4v) is 2.81. The minimum absolute atomic E-state index is 0.0311. The van der Waals surface area contributed by atoms with E-state index >= 15 is 0 Å². The van der Waals surface area contributed by atoms with E-state index in [1.807, 2.05) is 6.07 Å². The molecule has 2 rings (SSSR count). The number of rotatable bonds is 5. The largest absolute Gasteiger partial charge is 0.491 e. The van der Waals surface area contributed by atoms with Crippen molar-refractivity contribution in [3.05, 3.63) is 28.8 Å². The Labute approximate surface area is 123 Å². The van der Waals surface area contributed by atoms with Crippen LogP contribution in [-0.4, -0.2) is 23.7 Å². The zero-order valence-electron chi connectivity index (χ0n) is 11.3. The van der Waals surface area contributed by atoms with Gasteiger partial charge in [0, 0.05) is 5.02 Å². The average molecular weight is 298 g/mol. The molecule has 1 fully saturated rings. The molecular formula is C15H20ClNO3. The fraction of sp³-hybridized carbons (Fsp3) is 0.533. The average Bonchev–Trinajstić information content (AvgIpc) is 2.46. The Morgan fingerprint density at radius 2 is 2.10 bits per heavy atom. The van der Waals surface area contributed by atoms with E-state index in [-0.39, 0.29) is 6.61 Å². The molecule has 0 saturated heterocycles. The van der Waals surface area contributed by atoms with Gasteiger partial charge in [0.25, 0.3) is 0 Å². The molecule has 3 N–H and O–H groups in total. The van der Waals surface area contributed by atoms with Gasteiger partial charge in [-0.3, -0.25) is 4.79 Å². The number of hydrogen-bond donors (Lipinski definition) is 2. The summed E-state index contributed by atoms with van der Waals surface area (Å²) in [6, 6.07) is 4.49. The van der Waals surface area contributed by atoms with Crippen molar-refractivity contribution in [2.75, 3.05) is 6.61 Å². The van der Waals surface area contributed by atoms with Gasteiger partial charge in [-0.15, -0.1) is 0 Å². The van der Waals surface area contributed by atoms with Crippen molar-refractivity contribution in [1.29, 1.82) is 0 Å². The third-order valence-electron chi connectivity index (χ3n) is 3.75. The molecule has 0 radical (unpaired) electrons. The number of carboxylic acid groups (broad SMARTS) is 1. The lowest BCUT2D eigenvalue weighted by molar-refractivity contribution is -0.139. The highest BCUT2D eigenvalue weighted by Crippen LogP contribution is 2.38. The lowest BCUT2D eigenvalue weighted by atomic mass is 9.84. The van der Waals surface area contributed by atoms with Crippen LogP contribution in [0.25, 0.3) is 0 Å². The smallest absolute Gasteiger partial charge is 0.324 e. The summed E-state index contributed by atoms with van der Waals surface area (Å²) in [4.78, 5) is 10.7. The van der Waals surface area contributed by atoms with Gasteiger partial charge in [-0.1, -0.05) is 30.9 Å². The van der Waals surface area contributed by atoms with Crippen LogP contribution in [0.4, 0.5) is 0 Å². The second-order valence-electron chi connectivity index (χ2n) is 5.27. The van der Waals surface area contributed by atoms with Crippen LogP contribution < -0.4 is 10.5 Å². The van der Waals surface area contributed by atoms with E-state index in [9.17, 15) is 4.79 Å². The third-order valence-corrected chi connectivity index (χ3v) is 3.99. The number of ether oxygens (including phenoxy) is 1. The van der Waals surface area contributed by atoms with E-state index in [1.54, 1.807) is 12.1 Å². The molecule has 1 aromatic rings. The van der Waals surface area contributed by atoms with Gasteiger partial charge in [-0.25, -0.2) is 0 Å². The molecule has 1 saturated carbocycles. The molecule has 5 heteroatoms. The standard InChI is InChI=1S/C15H20ClNO3/c16-11-6-7-14(20-9-13(17)15(18)19)12(8-11)10-4-2-1-3-5-10/h6-8,10,13H,1-5,9,17H2,(H,18,19). The lowest BCUT2D eigenvalue weighted by Gasteiger charge is -2.24. The number of nitrogens with two attached hydrogens (primary N) is 1. The number of benzene rings is 1. The van der Waals surface area contributed by atoms with Gasteiger partial charge in [0.1, 0.15) is 18.4 Å². The molecule has 0 aliphatic heterocycles. The summed E-state index contributed by atoms with van der Waals surface area (Å²) in [5.74, 6) is 0.0923. The molecule has 1 aromatic carbocycles. The van der Waals surface area contributed by atoms with Crippen LogP contribution in [0.15, 0.2) is 18.2 Å². The van der Waals surface area contributed by atoms with Crippen LogP contribution >= 0.6 is 11.6 Å². The molecule has 1 aliphatic rings. The molecule has 0 spiro atoms. The van der Waals surface area contributed by atoms with E-state index in [2.05, 4.69) is 0 Å². The monoisotopic (exact) mass is 297 g/mol. The Morgan fingerprint density at radius 3 is 2.75 bits per heavy atom. The second kappa shape index (κ2) is 6.95. The lowest BCUT2D eigenvalue weighted by Crippen LogP contribution is -2.36. The summed E-state index contributed by atoms with van der Waals surface area (Å²) in [7, 11) is 0.